The quantitative estimate of drug-likeness (QED) is 0.175. The fraction of sp³-hybridized carbons (Fsp3) is 0.0536. The number of hydrogen-bond acceptors (Lipinski definition) is 5. The lowest BCUT2D eigenvalue weighted by Crippen LogP contribution is -2.32. The Morgan fingerprint density at radius 2 is 1.26 bits per heavy atom. The minimum atomic E-state index is -0.112. The van der Waals surface area contributed by atoms with E-state index in [0.29, 0.717) is 11.8 Å². The number of hydrogen-bond donors (Lipinski definition) is 1. The van der Waals surface area contributed by atoms with E-state index in [2.05, 4.69) is 192 Å². The molecule has 0 amide bonds. The van der Waals surface area contributed by atoms with Crippen molar-refractivity contribution in [3.63, 3.8) is 0 Å². The van der Waals surface area contributed by atoms with Crippen molar-refractivity contribution in [1.29, 1.82) is 0 Å². The molecular formula is C56H39N3O2. The Bertz CT molecular complexity index is 3370. The normalized spacial score (nSPS) is 15.9. The number of benzene rings is 8. The van der Waals surface area contributed by atoms with Crippen LogP contribution in [0.5, 0.6) is 0 Å². The Kier molecular flexibility index (Phi) is 8.30. The minimum Gasteiger partial charge on any atom is -0.454 e. The van der Waals surface area contributed by atoms with Crippen LogP contribution in [0.3, 0.4) is 0 Å². The molecule has 12 rings (SSSR count). The first-order valence-corrected chi connectivity index (χ1v) is 20.9. The summed E-state index contributed by atoms with van der Waals surface area (Å²) in [6.07, 6.45) is 9.82. The molecule has 1 aliphatic carbocycles. The smallest absolute Gasteiger partial charge is 0.227 e. The second kappa shape index (κ2) is 14.4. The van der Waals surface area contributed by atoms with Gasteiger partial charge in [0.15, 0.2) is 5.58 Å². The maximum absolute atomic E-state index is 6.91. The Morgan fingerprint density at radius 1 is 0.557 bits per heavy atom. The van der Waals surface area contributed by atoms with Gasteiger partial charge in [-0.15, -0.1) is 0 Å². The lowest BCUT2D eigenvalue weighted by Gasteiger charge is -2.27. The van der Waals surface area contributed by atoms with Gasteiger partial charge in [0.1, 0.15) is 17.0 Å². The third-order valence-electron chi connectivity index (χ3n) is 12.3. The van der Waals surface area contributed by atoms with Crippen LogP contribution in [-0.4, -0.2) is 5.84 Å². The Hall–Kier alpha value is -7.89. The number of nitrogens with one attached hydrogen (secondary N) is 1. The van der Waals surface area contributed by atoms with Gasteiger partial charge in [-0.1, -0.05) is 164 Å². The van der Waals surface area contributed by atoms with Crippen LogP contribution in [0.2, 0.25) is 0 Å². The molecule has 10 aromatic rings. The maximum atomic E-state index is 6.91. The Balaban J connectivity index is 0.976. The molecule has 0 saturated carbocycles. The molecule has 2 atom stereocenters. The molecule has 0 saturated heterocycles. The van der Waals surface area contributed by atoms with E-state index < -0.39 is 0 Å². The summed E-state index contributed by atoms with van der Waals surface area (Å²) in [6, 6.07) is 64.4. The zero-order valence-corrected chi connectivity index (χ0v) is 33.2. The van der Waals surface area contributed by atoms with E-state index in [-0.39, 0.29) is 6.04 Å². The standard InChI is InChI=1S/C56H39N3O2/c1-3-13-36(14-4-1)38-27-30-43(31-28-38)59(44-32-29-37-15-7-8-18-42(37)35-44)48-34-33-45(51-46-19-9-11-21-49(46)60-54(48)51)39-23-25-41(26-24-39)55-57-53(40-16-5-2-6-17-40)52-47-20-10-12-22-50(47)61-56(52)58-55/h1-13,15-36,53H,14H2,(H,57,58). The summed E-state index contributed by atoms with van der Waals surface area (Å²) in [6.45, 7) is 0. The number of anilines is 3. The topological polar surface area (TPSA) is 53.9 Å². The predicted molar refractivity (Wildman–Crippen MR) is 251 cm³/mol. The van der Waals surface area contributed by atoms with Gasteiger partial charge in [-0.3, -0.25) is 0 Å². The third kappa shape index (κ3) is 6.05. The molecule has 1 N–H and O–H groups in total. The highest BCUT2D eigenvalue weighted by atomic mass is 16.3. The van der Waals surface area contributed by atoms with E-state index in [1.54, 1.807) is 0 Å². The largest absolute Gasteiger partial charge is 0.454 e. The molecule has 5 heteroatoms. The maximum Gasteiger partial charge on any atom is 0.227 e. The van der Waals surface area contributed by atoms with Gasteiger partial charge in [-0.2, -0.15) is 4.99 Å². The summed E-state index contributed by atoms with van der Waals surface area (Å²) >= 11 is 0. The zero-order chi connectivity index (χ0) is 40.3. The first-order valence-electron chi connectivity index (χ1n) is 20.9. The molecule has 61 heavy (non-hydrogen) atoms. The third-order valence-corrected chi connectivity index (χ3v) is 12.3. The van der Waals surface area contributed by atoms with Crippen molar-refractivity contribution in [2.45, 2.75) is 18.4 Å². The number of furan rings is 2. The average Bonchev–Trinajstić information content (AvgIpc) is 3.92. The second-order valence-corrected chi connectivity index (χ2v) is 15.9. The number of amidine groups is 1. The van der Waals surface area contributed by atoms with Crippen molar-refractivity contribution in [2.75, 3.05) is 4.90 Å². The highest BCUT2D eigenvalue weighted by Crippen LogP contribution is 2.47. The van der Waals surface area contributed by atoms with Crippen molar-refractivity contribution in [3.05, 3.63) is 229 Å². The SMILES string of the molecule is C1=CCC(c2ccc(N(c3ccc4ccccc4c3)c3ccc(-c4ccc(C5=Nc6oc7ccccc7c6C(c6ccccc6)N5)cc4)c4c3oc3ccccc34)cc2)C=C1. The average molecular weight is 786 g/mol. The minimum absolute atomic E-state index is 0.112. The van der Waals surface area contributed by atoms with E-state index in [1.165, 1.54) is 16.3 Å². The molecule has 0 fully saturated rings. The number of nitrogens with zero attached hydrogens (tertiary/aromatic N) is 2. The van der Waals surface area contributed by atoms with E-state index in [0.717, 1.165) is 90.0 Å². The summed E-state index contributed by atoms with van der Waals surface area (Å²) < 4.78 is 13.3. The van der Waals surface area contributed by atoms with Gasteiger partial charge in [-0.05, 0) is 81.9 Å². The number of allylic oxidation sites excluding steroid dienone is 4. The van der Waals surface area contributed by atoms with E-state index in [9.17, 15) is 0 Å². The van der Waals surface area contributed by atoms with Crippen LogP contribution in [0.15, 0.2) is 220 Å². The van der Waals surface area contributed by atoms with Crippen LogP contribution in [0, 0.1) is 0 Å². The van der Waals surface area contributed by atoms with E-state index in [1.807, 2.05) is 24.3 Å². The number of para-hydroxylation sites is 2. The summed E-state index contributed by atoms with van der Waals surface area (Å²) in [7, 11) is 0. The van der Waals surface area contributed by atoms with Crippen molar-refractivity contribution in [2.24, 2.45) is 4.99 Å². The van der Waals surface area contributed by atoms with Crippen molar-refractivity contribution >= 4 is 72.5 Å². The summed E-state index contributed by atoms with van der Waals surface area (Å²) in [5.41, 5.74) is 12.3. The first-order chi connectivity index (χ1) is 30.2. The van der Waals surface area contributed by atoms with Crippen LogP contribution >= 0.6 is 0 Å². The monoisotopic (exact) mass is 785 g/mol. The molecule has 1 aliphatic heterocycles. The van der Waals surface area contributed by atoms with Gasteiger partial charge in [0.05, 0.1) is 17.3 Å². The van der Waals surface area contributed by atoms with Gasteiger partial charge >= 0.3 is 0 Å². The second-order valence-electron chi connectivity index (χ2n) is 15.9. The van der Waals surface area contributed by atoms with Crippen molar-refractivity contribution in [3.8, 4) is 11.1 Å². The van der Waals surface area contributed by atoms with Gasteiger partial charge in [-0.25, -0.2) is 0 Å². The van der Waals surface area contributed by atoms with Crippen LogP contribution in [0.1, 0.15) is 40.6 Å². The van der Waals surface area contributed by atoms with Gasteiger partial charge in [0.25, 0.3) is 0 Å². The molecule has 8 aromatic carbocycles. The lowest BCUT2D eigenvalue weighted by molar-refractivity contribution is 0.604. The highest BCUT2D eigenvalue weighted by molar-refractivity contribution is 6.17. The Labute approximate surface area is 353 Å². The summed E-state index contributed by atoms with van der Waals surface area (Å²) in [4.78, 5) is 7.41. The van der Waals surface area contributed by atoms with E-state index in [4.69, 9.17) is 13.8 Å². The molecule has 2 aromatic heterocycles. The fourth-order valence-corrected chi connectivity index (χ4v) is 9.28. The van der Waals surface area contributed by atoms with Gasteiger partial charge in [0, 0.05) is 39.0 Å². The van der Waals surface area contributed by atoms with Gasteiger partial charge in [0.2, 0.25) is 5.88 Å². The first kappa shape index (κ1) is 35.1. The molecular weight excluding hydrogens is 747 g/mol. The van der Waals surface area contributed by atoms with Crippen LogP contribution in [0.4, 0.5) is 22.9 Å². The molecule has 3 heterocycles. The molecule has 0 bridgehead atoms. The van der Waals surface area contributed by atoms with E-state index >= 15 is 0 Å². The van der Waals surface area contributed by atoms with Crippen molar-refractivity contribution in [1.82, 2.24) is 5.32 Å². The molecule has 290 valence electrons. The lowest BCUT2D eigenvalue weighted by atomic mass is 9.92. The van der Waals surface area contributed by atoms with Gasteiger partial charge < -0.3 is 19.1 Å². The summed E-state index contributed by atoms with van der Waals surface area (Å²) in [5, 5.41) is 9.38. The highest BCUT2D eigenvalue weighted by Gasteiger charge is 2.30. The molecule has 2 aliphatic rings. The van der Waals surface area contributed by atoms with Crippen LogP contribution in [0.25, 0.3) is 54.8 Å². The zero-order valence-electron chi connectivity index (χ0n) is 33.2. The van der Waals surface area contributed by atoms with Crippen LogP contribution < -0.4 is 10.2 Å². The number of aliphatic imine (C=N–C) groups is 1. The van der Waals surface area contributed by atoms with Crippen molar-refractivity contribution < 1.29 is 8.83 Å². The predicted octanol–water partition coefficient (Wildman–Crippen LogP) is 15.0. The number of rotatable bonds is 7. The molecule has 0 spiro atoms. The molecule has 2 unspecified atom stereocenters. The summed E-state index contributed by atoms with van der Waals surface area (Å²) in [5.74, 6) is 1.78. The fourth-order valence-electron chi connectivity index (χ4n) is 9.28. The molecule has 5 nitrogen and oxygen atoms in total. The Morgan fingerprint density at radius 3 is 2.07 bits per heavy atom. The van der Waals surface area contributed by atoms with Crippen LogP contribution in [-0.2, 0) is 0 Å². The molecule has 0 radical (unpaired) electrons. The number of fused-ring (bicyclic) bond motifs is 7.